The summed E-state index contributed by atoms with van der Waals surface area (Å²) < 4.78 is 15.4. The maximum atomic E-state index is 12.5. The molecule has 0 spiro atoms. The van der Waals surface area contributed by atoms with Crippen LogP contribution in [0.5, 0.6) is 11.5 Å². The highest BCUT2D eigenvalue weighted by Gasteiger charge is 2.16. The summed E-state index contributed by atoms with van der Waals surface area (Å²) >= 11 is 0. The first kappa shape index (κ1) is 18.3. The Morgan fingerprint density at radius 1 is 1.00 bits per heavy atom. The van der Waals surface area contributed by atoms with Crippen LogP contribution in [0.3, 0.4) is 0 Å². The molecular formula is C21H17N3O5. The number of aromatic nitrogens is 1. The number of ether oxygens (including phenoxy) is 3. The molecule has 4 rings (SSSR count). The molecule has 0 fully saturated rings. The number of carbonyl (C=O) groups is 2. The Hall–Kier alpha value is -4.07. The first-order valence-electron chi connectivity index (χ1n) is 8.75. The average molecular weight is 391 g/mol. The fourth-order valence-electron chi connectivity index (χ4n) is 2.81. The van der Waals surface area contributed by atoms with Crippen LogP contribution in [0.4, 0.5) is 17.1 Å². The summed E-state index contributed by atoms with van der Waals surface area (Å²) in [5, 5.41) is 5.88. The van der Waals surface area contributed by atoms with Gasteiger partial charge in [-0.2, -0.15) is 0 Å². The van der Waals surface area contributed by atoms with Crippen LogP contribution in [-0.4, -0.2) is 30.8 Å². The number of para-hydroxylation sites is 1. The Morgan fingerprint density at radius 2 is 1.79 bits per heavy atom. The summed E-state index contributed by atoms with van der Waals surface area (Å²) in [5.74, 6) is 0.407. The maximum absolute atomic E-state index is 12.5. The first-order chi connectivity index (χ1) is 14.1. The summed E-state index contributed by atoms with van der Waals surface area (Å²) in [4.78, 5) is 28.5. The van der Waals surface area contributed by atoms with Gasteiger partial charge in [-0.15, -0.1) is 0 Å². The van der Waals surface area contributed by atoms with Gasteiger partial charge in [0, 0.05) is 11.8 Å². The van der Waals surface area contributed by atoms with Gasteiger partial charge in [0.1, 0.15) is 5.69 Å². The zero-order valence-electron chi connectivity index (χ0n) is 15.5. The molecule has 29 heavy (non-hydrogen) atoms. The quantitative estimate of drug-likeness (QED) is 0.641. The van der Waals surface area contributed by atoms with Gasteiger partial charge in [-0.3, -0.25) is 4.79 Å². The number of pyridine rings is 1. The number of benzene rings is 2. The van der Waals surface area contributed by atoms with Crippen molar-refractivity contribution in [2.45, 2.75) is 0 Å². The Bertz CT molecular complexity index is 1070. The SMILES string of the molecule is COC(=O)c1ccccc1NC(=O)c1ccc(Nc2ccc3c(c2)OCO3)cn1. The average Bonchev–Trinajstić information content (AvgIpc) is 3.22. The lowest BCUT2D eigenvalue weighted by molar-refractivity contribution is 0.0602. The normalized spacial score (nSPS) is 11.6. The number of fused-ring (bicyclic) bond motifs is 1. The lowest BCUT2D eigenvalue weighted by Crippen LogP contribution is -2.16. The van der Waals surface area contributed by atoms with E-state index in [4.69, 9.17) is 14.2 Å². The topological polar surface area (TPSA) is 98.8 Å². The van der Waals surface area contributed by atoms with E-state index in [9.17, 15) is 9.59 Å². The van der Waals surface area contributed by atoms with Crippen molar-refractivity contribution in [3.63, 3.8) is 0 Å². The minimum Gasteiger partial charge on any atom is -0.465 e. The number of carbonyl (C=O) groups excluding carboxylic acids is 2. The van der Waals surface area contributed by atoms with Gasteiger partial charge >= 0.3 is 5.97 Å². The van der Waals surface area contributed by atoms with E-state index < -0.39 is 11.9 Å². The molecule has 3 aromatic rings. The van der Waals surface area contributed by atoms with E-state index >= 15 is 0 Å². The van der Waals surface area contributed by atoms with Gasteiger partial charge in [-0.25, -0.2) is 9.78 Å². The molecule has 8 heteroatoms. The molecule has 1 aromatic heterocycles. The molecule has 8 nitrogen and oxygen atoms in total. The summed E-state index contributed by atoms with van der Waals surface area (Å²) in [6, 6.07) is 15.4. The second kappa shape index (κ2) is 7.89. The van der Waals surface area contributed by atoms with E-state index in [-0.39, 0.29) is 18.1 Å². The largest absolute Gasteiger partial charge is 0.465 e. The first-order valence-corrected chi connectivity index (χ1v) is 8.75. The van der Waals surface area contributed by atoms with Crippen LogP contribution in [0.15, 0.2) is 60.8 Å². The van der Waals surface area contributed by atoms with E-state index in [2.05, 4.69) is 15.6 Å². The number of esters is 1. The molecule has 0 saturated carbocycles. The third-order valence-electron chi connectivity index (χ3n) is 4.24. The fourth-order valence-corrected chi connectivity index (χ4v) is 2.81. The van der Waals surface area contributed by atoms with Gasteiger partial charge in [0.05, 0.1) is 30.2 Å². The van der Waals surface area contributed by atoms with Crippen molar-refractivity contribution >= 4 is 28.9 Å². The Balaban J connectivity index is 1.45. The second-order valence-electron chi connectivity index (χ2n) is 6.12. The summed E-state index contributed by atoms with van der Waals surface area (Å²) in [6.45, 7) is 0.212. The molecule has 146 valence electrons. The van der Waals surface area contributed by atoms with E-state index in [1.54, 1.807) is 42.6 Å². The predicted octanol–water partition coefficient (Wildman–Crippen LogP) is 3.59. The van der Waals surface area contributed by atoms with Crippen LogP contribution < -0.4 is 20.1 Å². The molecule has 1 amide bonds. The van der Waals surface area contributed by atoms with E-state index in [1.165, 1.54) is 7.11 Å². The molecule has 0 bridgehead atoms. The molecule has 0 unspecified atom stereocenters. The molecule has 2 heterocycles. The smallest absolute Gasteiger partial charge is 0.339 e. The number of anilines is 3. The number of hydrogen-bond donors (Lipinski definition) is 2. The Kier molecular flexibility index (Phi) is 4.98. The maximum Gasteiger partial charge on any atom is 0.339 e. The molecule has 0 aliphatic carbocycles. The van der Waals surface area contributed by atoms with Crippen LogP contribution in [0, 0.1) is 0 Å². The van der Waals surface area contributed by atoms with Gasteiger partial charge < -0.3 is 24.8 Å². The molecule has 0 atom stereocenters. The zero-order chi connectivity index (χ0) is 20.2. The zero-order valence-corrected chi connectivity index (χ0v) is 15.5. The van der Waals surface area contributed by atoms with Crippen molar-refractivity contribution < 1.29 is 23.8 Å². The number of nitrogens with zero attached hydrogens (tertiary/aromatic N) is 1. The Labute approximate surface area is 166 Å². The van der Waals surface area contributed by atoms with Crippen molar-refractivity contribution in [2.75, 3.05) is 24.5 Å². The van der Waals surface area contributed by atoms with Crippen molar-refractivity contribution in [1.29, 1.82) is 0 Å². The minimum absolute atomic E-state index is 0.209. The van der Waals surface area contributed by atoms with Gasteiger partial charge in [0.15, 0.2) is 11.5 Å². The van der Waals surface area contributed by atoms with Crippen LogP contribution in [-0.2, 0) is 4.74 Å². The minimum atomic E-state index is -0.530. The molecule has 1 aliphatic heterocycles. The third-order valence-corrected chi connectivity index (χ3v) is 4.24. The summed E-state index contributed by atoms with van der Waals surface area (Å²) in [6.07, 6.45) is 1.55. The fraction of sp³-hybridized carbons (Fsp3) is 0.0952. The highest BCUT2D eigenvalue weighted by atomic mass is 16.7. The van der Waals surface area contributed by atoms with E-state index in [1.807, 2.05) is 18.2 Å². The van der Waals surface area contributed by atoms with Crippen LogP contribution in [0.2, 0.25) is 0 Å². The van der Waals surface area contributed by atoms with Crippen molar-refractivity contribution in [3.05, 3.63) is 72.1 Å². The second-order valence-corrected chi connectivity index (χ2v) is 6.12. The molecule has 0 saturated heterocycles. The molecule has 2 N–H and O–H groups in total. The van der Waals surface area contributed by atoms with Gasteiger partial charge in [0.2, 0.25) is 6.79 Å². The van der Waals surface area contributed by atoms with Crippen LogP contribution in [0.25, 0.3) is 0 Å². The number of rotatable bonds is 5. The van der Waals surface area contributed by atoms with Crippen LogP contribution in [0.1, 0.15) is 20.8 Å². The van der Waals surface area contributed by atoms with Gasteiger partial charge in [-0.05, 0) is 36.4 Å². The summed E-state index contributed by atoms with van der Waals surface area (Å²) in [5.41, 5.74) is 2.34. The van der Waals surface area contributed by atoms with Crippen molar-refractivity contribution in [3.8, 4) is 11.5 Å². The van der Waals surface area contributed by atoms with E-state index in [0.29, 0.717) is 22.9 Å². The molecule has 2 aromatic carbocycles. The lowest BCUT2D eigenvalue weighted by atomic mass is 10.1. The number of nitrogens with one attached hydrogen (secondary N) is 2. The monoisotopic (exact) mass is 391 g/mol. The highest BCUT2D eigenvalue weighted by Crippen LogP contribution is 2.35. The standard InChI is InChI=1S/C21H17N3O5/c1-27-21(26)15-4-2-3-5-16(15)24-20(25)17-8-6-14(11-22-17)23-13-7-9-18-19(10-13)29-12-28-18/h2-11,23H,12H2,1H3,(H,24,25). The van der Waals surface area contributed by atoms with Crippen molar-refractivity contribution in [1.82, 2.24) is 4.98 Å². The van der Waals surface area contributed by atoms with Gasteiger partial charge in [0.25, 0.3) is 5.91 Å². The predicted molar refractivity (Wildman–Crippen MR) is 106 cm³/mol. The number of amides is 1. The Morgan fingerprint density at radius 3 is 2.59 bits per heavy atom. The molecular weight excluding hydrogens is 374 g/mol. The van der Waals surface area contributed by atoms with E-state index in [0.717, 1.165) is 5.69 Å². The third kappa shape index (κ3) is 3.96. The van der Waals surface area contributed by atoms with Gasteiger partial charge in [-0.1, -0.05) is 12.1 Å². The van der Waals surface area contributed by atoms with Crippen LogP contribution >= 0.6 is 0 Å². The van der Waals surface area contributed by atoms with Crippen molar-refractivity contribution in [2.24, 2.45) is 0 Å². The number of methoxy groups -OCH3 is 1. The summed E-state index contributed by atoms with van der Waals surface area (Å²) in [7, 11) is 1.29. The molecule has 1 aliphatic rings. The molecule has 0 radical (unpaired) electrons. The highest BCUT2D eigenvalue weighted by molar-refractivity contribution is 6.07. The lowest BCUT2D eigenvalue weighted by Gasteiger charge is -2.10. The number of hydrogen-bond acceptors (Lipinski definition) is 7.